The molecule has 29 heteroatoms. The third kappa shape index (κ3) is 9.50. The summed E-state index contributed by atoms with van der Waals surface area (Å²) in [5.41, 5.74) is 9.68. The number of H-pyrrole nitrogens is 1. The smallest absolute Gasteiger partial charge is 0.327 e. The highest BCUT2D eigenvalue weighted by atomic mass is 32.5. The van der Waals surface area contributed by atoms with Crippen LogP contribution in [0, 0.1) is 17.2 Å². The number of imidazole rings is 2. The van der Waals surface area contributed by atoms with Crippen LogP contribution in [0.15, 0.2) is 59.2 Å². The Balaban J connectivity index is 1.14. The van der Waals surface area contributed by atoms with Crippen molar-refractivity contribution in [2.24, 2.45) is 11.0 Å². The summed E-state index contributed by atoms with van der Waals surface area (Å²) in [6.07, 6.45) is -7.21. The van der Waals surface area contributed by atoms with Crippen molar-refractivity contribution in [2.45, 2.75) is 69.4 Å². The van der Waals surface area contributed by atoms with Gasteiger partial charge in [-0.1, -0.05) is 37.2 Å². The number of fused-ring (bicyclic) bond motifs is 6. The van der Waals surface area contributed by atoms with E-state index in [9.17, 15) is 25.3 Å². The molecule has 0 aliphatic carbocycles. The minimum absolute atomic E-state index is 0.00229. The fourth-order valence-corrected chi connectivity index (χ4v) is 10.4. The van der Waals surface area contributed by atoms with E-state index in [1.165, 1.54) is 28.1 Å². The maximum atomic E-state index is 16.8. The lowest BCUT2D eigenvalue weighted by Crippen LogP contribution is -2.36. The Morgan fingerprint density at radius 1 is 1.08 bits per heavy atom. The first-order valence-electron chi connectivity index (χ1n) is 19.1. The number of halogens is 1. The third-order valence-electron chi connectivity index (χ3n) is 9.82. The van der Waals surface area contributed by atoms with Crippen LogP contribution in [0.3, 0.4) is 0 Å². The average Bonchev–Trinajstić information content (AvgIpc) is 4.03. The molecule has 1 aromatic carbocycles. The number of alkyl halides is 1. The molecule has 4 aromatic heterocycles. The summed E-state index contributed by atoms with van der Waals surface area (Å²) in [5.74, 6) is -0.101. The summed E-state index contributed by atoms with van der Waals surface area (Å²) in [5, 5.41) is 19.0. The topological polar surface area (TPSA) is 306 Å². The molecule has 0 saturated carbocycles. The SMILES string of the molecule is CC(C)CNc1nc2c(ncn2[C@@H]2O[C@@H]3COP(O)(=S)O[C@@H]4[C@H](N=[N+]=[N-])[C@@H](COP(=S)(OCCC#N)O[C@@H]2[C@@H]3F)O[C@H]4n2cnc3c(NC(=O)c4ccccc4)ncnc32)c(=O)[nH]1. The van der Waals surface area contributed by atoms with Gasteiger partial charge in [-0.3, -0.25) is 28.2 Å². The predicted molar refractivity (Wildman–Crippen MR) is 225 cm³/mol. The van der Waals surface area contributed by atoms with Crippen LogP contribution < -0.4 is 16.2 Å². The maximum absolute atomic E-state index is 16.8. The molecule has 0 spiro atoms. The van der Waals surface area contributed by atoms with E-state index in [-0.39, 0.29) is 53.0 Å². The summed E-state index contributed by atoms with van der Waals surface area (Å²) in [6, 6.07) is 9.02. The first-order valence-corrected chi connectivity index (χ1v) is 24.3. The molecule has 10 atom stereocenters. The number of benzene rings is 1. The van der Waals surface area contributed by atoms with Gasteiger partial charge in [0.05, 0.1) is 57.1 Å². The standard InChI is InChI=1S/C34H37FN14O10P2S2/c1-17(2)11-38-34-44-29-24(31(51)45-34)42-16-49(29)32-25-21(35)19(56-32)12-54-60(52,62)58-26-22(46-47-37)20(13-55-61(63,59-25)53-10-6-9-36)57-33(26)48-15-41-23-27(39-14-40-28(23)48)43-30(50)18-7-4-3-5-8-18/h3-5,7-8,14-17,19-22,25-26,32-33H,6,10-13H2,1-2H3,(H,52,62)(H2,38,44,45,51)(H,39,40,43,50)/t19-,20-,21-,22-,25-,26-,32-,33-,60?,61?/m1/s1. The second-order valence-corrected chi connectivity index (χ2v) is 20.3. The molecule has 4 bridgehead atoms. The van der Waals surface area contributed by atoms with Gasteiger partial charge in [0.2, 0.25) is 5.95 Å². The lowest BCUT2D eigenvalue weighted by atomic mass is 10.1. The molecule has 7 heterocycles. The molecule has 5 aromatic rings. The van der Waals surface area contributed by atoms with Gasteiger partial charge in [0, 0.05) is 17.0 Å². The second-order valence-electron chi connectivity index (χ2n) is 14.5. The van der Waals surface area contributed by atoms with Crippen LogP contribution in [0.5, 0.6) is 0 Å². The number of ether oxygens (including phenoxy) is 2. The first kappa shape index (κ1) is 44.7. The highest BCUT2D eigenvalue weighted by Gasteiger charge is 2.54. The second kappa shape index (κ2) is 18.7. The van der Waals surface area contributed by atoms with Gasteiger partial charge in [-0.25, -0.2) is 24.3 Å². The third-order valence-corrected chi connectivity index (χ3v) is 13.7. The van der Waals surface area contributed by atoms with E-state index in [1.54, 1.807) is 30.3 Å². The van der Waals surface area contributed by atoms with Gasteiger partial charge in [0.25, 0.3) is 11.5 Å². The van der Waals surface area contributed by atoms with Crippen LogP contribution >= 0.6 is 13.4 Å². The number of anilines is 2. The zero-order valence-electron chi connectivity index (χ0n) is 33.0. The van der Waals surface area contributed by atoms with Crippen LogP contribution in [-0.4, -0.2) is 113 Å². The highest BCUT2D eigenvalue weighted by Crippen LogP contribution is 2.57. The summed E-state index contributed by atoms with van der Waals surface area (Å²) >= 11 is 11.3. The molecule has 332 valence electrons. The summed E-state index contributed by atoms with van der Waals surface area (Å²) in [4.78, 5) is 64.9. The van der Waals surface area contributed by atoms with Gasteiger partial charge in [0.1, 0.15) is 24.6 Å². The van der Waals surface area contributed by atoms with Crippen molar-refractivity contribution in [3.63, 3.8) is 0 Å². The van der Waals surface area contributed by atoms with Gasteiger partial charge in [0.15, 0.2) is 46.8 Å². The molecule has 8 rings (SSSR count). The highest BCUT2D eigenvalue weighted by molar-refractivity contribution is 8.07. The molecular formula is C34H37FN14O10P2S2. The molecule has 4 N–H and O–H groups in total. The Bertz CT molecular complexity index is 2750. The van der Waals surface area contributed by atoms with E-state index in [4.69, 9.17) is 55.7 Å². The number of aromatic amines is 1. The molecule has 2 unspecified atom stereocenters. The van der Waals surface area contributed by atoms with E-state index in [2.05, 4.69) is 50.6 Å². The quantitative estimate of drug-likeness (QED) is 0.0472. The van der Waals surface area contributed by atoms with Crippen LogP contribution in [0.25, 0.3) is 32.8 Å². The number of nitrogens with one attached hydrogen (secondary N) is 3. The normalized spacial score (nSPS) is 29.8. The van der Waals surface area contributed by atoms with Gasteiger partial charge >= 0.3 is 13.4 Å². The van der Waals surface area contributed by atoms with Crippen molar-refractivity contribution in [1.82, 2.24) is 39.0 Å². The van der Waals surface area contributed by atoms with E-state index in [0.717, 1.165) is 0 Å². The minimum atomic E-state index is -4.42. The van der Waals surface area contributed by atoms with Crippen molar-refractivity contribution in [1.29, 1.82) is 5.26 Å². The molecule has 3 saturated heterocycles. The fourth-order valence-electron chi connectivity index (χ4n) is 6.92. The first-order chi connectivity index (χ1) is 30.3. The number of amides is 1. The summed E-state index contributed by atoms with van der Waals surface area (Å²) < 4.78 is 62.1. The maximum Gasteiger partial charge on any atom is 0.327 e. The van der Waals surface area contributed by atoms with E-state index >= 15 is 4.39 Å². The number of hydrogen-bond donors (Lipinski definition) is 4. The van der Waals surface area contributed by atoms with Crippen molar-refractivity contribution in [3.05, 3.63) is 75.7 Å². The Hall–Kier alpha value is -4.90. The fraction of sp³-hybridized carbons (Fsp3) is 0.471. The van der Waals surface area contributed by atoms with Crippen LogP contribution in [-0.2, 0) is 55.7 Å². The number of nitrogens with zero attached hydrogens (tertiary/aromatic N) is 11. The van der Waals surface area contributed by atoms with Crippen LogP contribution in [0.1, 0.15) is 43.1 Å². The van der Waals surface area contributed by atoms with Crippen molar-refractivity contribution in [2.75, 3.05) is 37.0 Å². The summed E-state index contributed by atoms with van der Waals surface area (Å²) in [7, 11) is 0. The number of rotatable bonds is 11. The Labute approximate surface area is 365 Å². The molecule has 3 fully saturated rings. The molecule has 3 aliphatic rings. The lowest BCUT2D eigenvalue weighted by Gasteiger charge is -2.30. The number of azide groups is 1. The largest absolute Gasteiger partial charge is 0.355 e. The van der Waals surface area contributed by atoms with Gasteiger partial charge < -0.3 is 43.1 Å². The lowest BCUT2D eigenvalue weighted by molar-refractivity contribution is -0.0618. The Kier molecular flexibility index (Phi) is 13.2. The van der Waals surface area contributed by atoms with Crippen LogP contribution in [0.2, 0.25) is 0 Å². The number of hydrogen-bond acceptors (Lipinski definition) is 19. The molecule has 63 heavy (non-hydrogen) atoms. The van der Waals surface area contributed by atoms with Gasteiger partial charge in [-0.15, -0.1) is 0 Å². The van der Waals surface area contributed by atoms with E-state index < -0.39 is 87.2 Å². The number of aromatic nitrogens is 8. The molecule has 0 radical (unpaired) electrons. The monoisotopic (exact) mass is 946 g/mol. The van der Waals surface area contributed by atoms with Crippen LogP contribution in [0.4, 0.5) is 16.2 Å². The van der Waals surface area contributed by atoms with Gasteiger partial charge in [-0.05, 0) is 47.2 Å². The Morgan fingerprint density at radius 2 is 1.79 bits per heavy atom. The summed E-state index contributed by atoms with van der Waals surface area (Å²) in [6.45, 7) is -5.71. The predicted octanol–water partition coefficient (Wildman–Crippen LogP) is 4.28. The van der Waals surface area contributed by atoms with E-state index in [0.29, 0.717) is 12.1 Å². The van der Waals surface area contributed by atoms with E-state index in [1.807, 2.05) is 19.9 Å². The average molecular weight is 947 g/mol. The number of carbonyl (C=O) groups is 1. The minimum Gasteiger partial charge on any atom is -0.355 e. The molecular weight excluding hydrogens is 910 g/mol. The number of carbonyl (C=O) groups excluding carboxylic acids is 1. The van der Waals surface area contributed by atoms with Crippen molar-refractivity contribution in [3.8, 4) is 6.07 Å². The zero-order chi connectivity index (χ0) is 44.5. The van der Waals surface area contributed by atoms with Crippen molar-refractivity contribution >= 4 is 77.1 Å². The number of nitriles is 1. The molecule has 24 nitrogen and oxygen atoms in total. The Morgan fingerprint density at radius 3 is 2.54 bits per heavy atom. The van der Waals surface area contributed by atoms with Crippen molar-refractivity contribution < 1.29 is 46.2 Å². The van der Waals surface area contributed by atoms with Gasteiger partial charge in [-0.2, -0.15) is 10.2 Å². The molecule has 3 aliphatic heterocycles. The molecule has 1 amide bonds. The zero-order valence-corrected chi connectivity index (χ0v) is 36.4.